The van der Waals surface area contributed by atoms with Gasteiger partial charge in [0.1, 0.15) is 5.56 Å². The van der Waals surface area contributed by atoms with Crippen LogP contribution in [0.1, 0.15) is 31.4 Å². The summed E-state index contributed by atoms with van der Waals surface area (Å²) in [6, 6.07) is 5.55. The number of ether oxygens (including phenoxy) is 4. The second-order valence-corrected chi connectivity index (χ2v) is 13.0. The quantitative estimate of drug-likeness (QED) is 0.0442. The number of rotatable bonds is 26. The molecular formula is C29H46N6O11S2. The molecule has 0 aliphatic heterocycles. The number of hydrogen-bond donors (Lipinski definition) is 1. The van der Waals surface area contributed by atoms with E-state index in [1.165, 1.54) is 6.92 Å². The molecule has 0 aliphatic rings. The summed E-state index contributed by atoms with van der Waals surface area (Å²) < 4.78 is 52.8. The van der Waals surface area contributed by atoms with Crippen LogP contribution in [0.4, 0.5) is 27.1 Å². The van der Waals surface area contributed by atoms with E-state index in [9.17, 15) is 28.6 Å². The van der Waals surface area contributed by atoms with Gasteiger partial charge in [-0.25, -0.2) is 0 Å². The molecule has 19 heteroatoms. The first-order valence-electron chi connectivity index (χ1n) is 15.6. The zero-order chi connectivity index (χ0) is 35.5. The Hall–Kier alpha value is -3.17. The maximum absolute atomic E-state index is 11.4. The van der Waals surface area contributed by atoms with Crippen molar-refractivity contribution in [2.45, 2.75) is 34.1 Å². The molecule has 0 aliphatic carbocycles. The van der Waals surface area contributed by atoms with Gasteiger partial charge in [0.25, 0.3) is 10.1 Å². The molecule has 0 atom stereocenters. The molecule has 2 rings (SSSR count). The van der Waals surface area contributed by atoms with Crippen molar-refractivity contribution < 1.29 is 41.8 Å². The van der Waals surface area contributed by atoms with Crippen molar-refractivity contribution in [3.05, 3.63) is 49.6 Å². The molecule has 0 unspecified atom stereocenters. The number of thiophene rings is 1. The average molecular weight is 719 g/mol. The topological polar surface area (TPSA) is 209 Å². The molecule has 0 bridgehead atoms. The van der Waals surface area contributed by atoms with Crippen LogP contribution in [-0.4, -0.2) is 119 Å². The van der Waals surface area contributed by atoms with Crippen molar-refractivity contribution in [2.75, 3.05) is 96.2 Å². The fourth-order valence-electron chi connectivity index (χ4n) is 4.48. The third kappa shape index (κ3) is 14.9. The third-order valence-electron chi connectivity index (χ3n) is 7.09. The van der Waals surface area contributed by atoms with Gasteiger partial charge in [0.2, 0.25) is 5.00 Å². The van der Waals surface area contributed by atoms with Gasteiger partial charge in [-0.3, -0.25) is 24.8 Å². The molecule has 48 heavy (non-hydrogen) atoms. The first-order chi connectivity index (χ1) is 22.9. The van der Waals surface area contributed by atoms with Crippen LogP contribution in [-0.2, 0) is 29.1 Å². The number of hydrogen-bond acceptors (Lipinski definition) is 15. The number of likely N-dealkylation sites (N-methyl/N-ethyl adjacent to an activating group) is 2. The highest BCUT2D eigenvalue weighted by atomic mass is 32.2. The van der Waals surface area contributed by atoms with Crippen LogP contribution in [0.25, 0.3) is 0 Å². The summed E-state index contributed by atoms with van der Waals surface area (Å²) in [5.74, 6) is -0.243. The minimum atomic E-state index is -3.93. The van der Waals surface area contributed by atoms with Gasteiger partial charge >= 0.3 is 10.7 Å². The number of anilines is 1. The van der Waals surface area contributed by atoms with E-state index >= 15 is 0 Å². The number of benzene rings is 1. The molecule has 1 N–H and O–H groups in total. The monoisotopic (exact) mass is 718 g/mol. The number of azo groups is 1. The summed E-state index contributed by atoms with van der Waals surface area (Å²) in [4.78, 5) is 25.5. The fourth-order valence-corrected chi connectivity index (χ4v) is 5.89. The number of aryl methyl sites for hydroxylation is 1. The molecule has 1 aromatic heterocycles. The average Bonchev–Trinajstić information content (AvgIpc) is 3.37. The van der Waals surface area contributed by atoms with Gasteiger partial charge in [0, 0.05) is 25.3 Å². The Bertz CT molecular complexity index is 1440. The number of nitrogens with zero attached hydrogens (tertiary/aromatic N) is 6. The zero-order valence-corrected chi connectivity index (χ0v) is 29.5. The van der Waals surface area contributed by atoms with Crippen LogP contribution in [0.15, 0.2) is 28.4 Å². The van der Waals surface area contributed by atoms with Gasteiger partial charge in [-0.2, -0.15) is 8.42 Å². The predicted octanol–water partition coefficient (Wildman–Crippen LogP) is 5.09. The molecule has 1 heterocycles. The third-order valence-corrected chi connectivity index (χ3v) is 9.01. The van der Waals surface area contributed by atoms with Gasteiger partial charge in [0.05, 0.1) is 74.1 Å². The van der Waals surface area contributed by atoms with Crippen molar-refractivity contribution in [3.8, 4) is 0 Å². The van der Waals surface area contributed by atoms with Crippen molar-refractivity contribution in [1.29, 1.82) is 0 Å². The first kappa shape index (κ1) is 41.0. The lowest BCUT2D eigenvalue weighted by atomic mass is 10.1. The van der Waals surface area contributed by atoms with Gasteiger partial charge in [0.15, 0.2) is 0 Å². The predicted molar refractivity (Wildman–Crippen MR) is 182 cm³/mol. The van der Waals surface area contributed by atoms with Crippen molar-refractivity contribution >= 4 is 48.5 Å². The maximum Gasteiger partial charge on any atom is 0.336 e. The molecule has 1 aromatic carbocycles. The SMILES string of the molecule is CCN(CCCS(=O)(=O)O)CCOCCOCCOCCOCCN(CC)c1ccc(N=Nc2sc([N+](=O)[O-])c(C)c2[N+](=O)[O-])c(C)c1. The van der Waals surface area contributed by atoms with E-state index < -0.39 is 25.7 Å². The van der Waals surface area contributed by atoms with E-state index in [1.54, 1.807) is 6.07 Å². The van der Waals surface area contributed by atoms with E-state index in [4.69, 9.17) is 23.5 Å². The molecular weight excluding hydrogens is 672 g/mol. The van der Waals surface area contributed by atoms with Crippen molar-refractivity contribution in [3.63, 3.8) is 0 Å². The highest BCUT2D eigenvalue weighted by Gasteiger charge is 2.31. The normalized spacial score (nSPS) is 12.0. The summed E-state index contributed by atoms with van der Waals surface area (Å²) in [5, 5.41) is 30.3. The highest BCUT2D eigenvalue weighted by Crippen LogP contribution is 2.46. The lowest BCUT2D eigenvalue weighted by Crippen LogP contribution is -2.30. The van der Waals surface area contributed by atoms with Crippen LogP contribution in [0.3, 0.4) is 0 Å². The first-order valence-corrected chi connectivity index (χ1v) is 18.0. The maximum atomic E-state index is 11.4. The summed E-state index contributed by atoms with van der Waals surface area (Å²) in [6.45, 7) is 14.2. The van der Waals surface area contributed by atoms with Gasteiger partial charge in [-0.15, -0.1) is 10.2 Å². The Morgan fingerprint density at radius 1 is 0.833 bits per heavy atom. The van der Waals surface area contributed by atoms with Crippen LogP contribution in [0, 0.1) is 34.1 Å². The molecule has 17 nitrogen and oxygen atoms in total. The van der Waals surface area contributed by atoms with Gasteiger partial charge < -0.3 is 28.7 Å². The molecule has 0 amide bonds. The standard InChI is InChI=1S/C29H46N6O11S2/c1-5-32(10-7-21-48(40,41)42)11-13-43-15-17-45-19-20-46-18-16-44-14-12-33(6-2)25-8-9-26(23(3)22-25)30-31-28-27(34(36)37)24(4)29(47-28)35(38)39/h8-9,22H,5-7,10-21H2,1-4H3,(H,40,41,42). The largest absolute Gasteiger partial charge is 0.378 e. The second kappa shape index (κ2) is 21.7. The fraction of sp³-hybridized carbons (Fsp3) is 0.655. The minimum absolute atomic E-state index is 0.0420. The Morgan fingerprint density at radius 2 is 1.42 bits per heavy atom. The minimum Gasteiger partial charge on any atom is -0.378 e. The van der Waals surface area contributed by atoms with Crippen molar-refractivity contribution in [1.82, 2.24) is 4.90 Å². The molecule has 0 spiro atoms. The molecule has 0 fully saturated rings. The van der Waals surface area contributed by atoms with Gasteiger partial charge in [-0.1, -0.05) is 6.92 Å². The van der Waals surface area contributed by atoms with E-state index in [0.717, 1.165) is 24.3 Å². The zero-order valence-electron chi connectivity index (χ0n) is 27.9. The lowest BCUT2D eigenvalue weighted by Gasteiger charge is -2.23. The Balaban J connectivity index is 1.61. The van der Waals surface area contributed by atoms with Crippen LogP contribution >= 0.6 is 11.3 Å². The van der Waals surface area contributed by atoms with Gasteiger partial charge in [-0.05, 0) is 75.4 Å². The molecule has 2 aromatic rings. The molecule has 0 saturated heterocycles. The molecule has 0 saturated carbocycles. The summed E-state index contributed by atoms with van der Waals surface area (Å²) in [6.07, 6.45) is 0.373. The van der Waals surface area contributed by atoms with Crippen molar-refractivity contribution in [2.24, 2.45) is 10.2 Å². The molecule has 270 valence electrons. The Labute approximate surface area is 284 Å². The summed E-state index contributed by atoms with van der Waals surface area (Å²) in [5.41, 5.74) is 1.78. The number of nitro groups is 2. The molecule has 0 radical (unpaired) electrons. The second-order valence-electron chi connectivity index (χ2n) is 10.5. The summed E-state index contributed by atoms with van der Waals surface area (Å²) in [7, 11) is -3.93. The smallest absolute Gasteiger partial charge is 0.336 e. The van der Waals surface area contributed by atoms with Crippen LogP contribution in [0.5, 0.6) is 0 Å². The van der Waals surface area contributed by atoms with Crippen LogP contribution in [0.2, 0.25) is 0 Å². The van der Waals surface area contributed by atoms with E-state index in [1.807, 2.05) is 32.9 Å². The van der Waals surface area contributed by atoms with E-state index in [-0.39, 0.29) is 21.3 Å². The Kier molecular flexibility index (Phi) is 18.6. The van der Waals surface area contributed by atoms with E-state index in [2.05, 4.69) is 20.0 Å². The summed E-state index contributed by atoms with van der Waals surface area (Å²) >= 11 is 0.624. The Morgan fingerprint density at radius 3 is 1.92 bits per heavy atom. The lowest BCUT2D eigenvalue weighted by molar-refractivity contribution is -0.390. The van der Waals surface area contributed by atoms with E-state index in [0.29, 0.717) is 95.9 Å². The van der Waals surface area contributed by atoms with Crippen LogP contribution < -0.4 is 4.90 Å². The highest BCUT2D eigenvalue weighted by molar-refractivity contribution is 7.85.